The lowest BCUT2D eigenvalue weighted by Gasteiger charge is -2.29. The molecule has 1 fully saturated rings. The fourth-order valence-corrected chi connectivity index (χ4v) is 3.19. The van der Waals surface area contributed by atoms with Crippen LogP contribution in [0.3, 0.4) is 0 Å². The maximum absolute atomic E-state index is 4.58. The number of rotatable bonds is 3. The highest BCUT2D eigenvalue weighted by Crippen LogP contribution is 2.27. The molecule has 0 spiro atoms. The Morgan fingerprint density at radius 3 is 3.17 bits per heavy atom. The number of nitrogens with zero attached hydrogens (tertiary/aromatic N) is 1. The van der Waals surface area contributed by atoms with Crippen molar-refractivity contribution in [1.29, 1.82) is 0 Å². The summed E-state index contributed by atoms with van der Waals surface area (Å²) in [5.41, 5.74) is 2.73. The Kier molecular flexibility index (Phi) is 3.91. The van der Waals surface area contributed by atoms with E-state index in [1.165, 1.54) is 56.3 Å². The predicted molar refractivity (Wildman–Crippen MR) is 73.6 cm³/mol. The van der Waals surface area contributed by atoms with E-state index in [4.69, 9.17) is 0 Å². The molecule has 2 N–H and O–H groups in total. The molecule has 1 aliphatic carbocycles. The fraction of sp³-hybridized carbons (Fsp3) is 0.667. The van der Waals surface area contributed by atoms with Gasteiger partial charge in [0.25, 0.3) is 0 Å². The molecule has 1 aromatic rings. The average Bonchev–Trinajstić information content (AvgIpc) is 2.46. The van der Waals surface area contributed by atoms with E-state index in [9.17, 15) is 0 Å². The van der Waals surface area contributed by atoms with Crippen LogP contribution in [0.4, 0.5) is 0 Å². The van der Waals surface area contributed by atoms with Gasteiger partial charge in [0.05, 0.1) is 5.69 Å². The maximum atomic E-state index is 4.58. The minimum absolute atomic E-state index is 0.471. The lowest BCUT2D eigenvalue weighted by molar-refractivity contribution is 0.352. The van der Waals surface area contributed by atoms with Gasteiger partial charge in [0, 0.05) is 24.8 Å². The molecule has 1 aliphatic heterocycles. The van der Waals surface area contributed by atoms with Crippen molar-refractivity contribution >= 4 is 0 Å². The number of nitrogens with one attached hydrogen (secondary N) is 2. The number of piperidine rings is 1. The van der Waals surface area contributed by atoms with Gasteiger partial charge in [-0.1, -0.05) is 12.5 Å². The Bertz CT molecular complexity index is 385. The topological polar surface area (TPSA) is 37.0 Å². The van der Waals surface area contributed by atoms with Crippen LogP contribution in [0, 0.1) is 0 Å². The average molecular weight is 245 g/mol. The number of aryl methyl sites for hydroxylation is 1. The van der Waals surface area contributed by atoms with Crippen LogP contribution in [-0.4, -0.2) is 24.1 Å². The minimum Gasteiger partial charge on any atom is -0.313 e. The van der Waals surface area contributed by atoms with Gasteiger partial charge >= 0.3 is 0 Å². The molecule has 2 atom stereocenters. The van der Waals surface area contributed by atoms with Crippen LogP contribution in [0.5, 0.6) is 0 Å². The summed E-state index contributed by atoms with van der Waals surface area (Å²) in [7, 11) is 0. The first-order valence-corrected chi connectivity index (χ1v) is 7.34. The van der Waals surface area contributed by atoms with E-state index < -0.39 is 0 Å². The minimum atomic E-state index is 0.471. The van der Waals surface area contributed by atoms with Crippen molar-refractivity contribution in [2.45, 2.75) is 50.6 Å². The second-order valence-corrected chi connectivity index (χ2v) is 5.55. The lowest BCUT2D eigenvalue weighted by atomic mass is 9.91. The first kappa shape index (κ1) is 12.1. The first-order valence-electron chi connectivity index (χ1n) is 7.34. The Morgan fingerprint density at radius 2 is 2.28 bits per heavy atom. The van der Waals surface area contributed by atoms with Gasteiger partial charge in [-0.2, -0.15) is 0 Å². The summed E-state index contributed by atoms with van der Waals surface area (Å²) >= 11 is 0. The predicted octanol–water partition coefficient (Wildman–Crippen LogP) is 2.19. The van der Waals surface area contributed by atoms with Gasteiger partial charge in [0.2, 0.25) is 0 Å². The highest BCUT2D eigenvalue weighted by atomic mass is 15.0. The smallest absolute Gasteiger partial charge is 0.0605 e. The second-order valence-electron chi connectivity index (χ2n) is 5.55. The summed E-state index contributed by atoms with van der Waals surface area (Å²) in [4.78, 5) is 4.58. The third-order valence-electron chi connectivity index (χ3n) is 4.22. The summed E-state index contributed by atoms with van der Waals surface area (Å²) in [6.07, 6.45) is 9.67. The van der Waals surface area contributed by atoms with E-state index in [1.807, 2.05) is 6.20 Å². The standard InChI is InChI=1S/C15H23N3/c1-2-9-16-13(7-1)11-18-14-8-3-5-12-6-4-10-17-15(12)14/h4,6,10,13-14,16,18H,1-3,5,7-9,11H2. The number of hydrogen-bond acceptors (Lipinski definition) is 3. The van der Waals surface area contributed by atoms with Crippen molar-refractivity contribution in [2.24, 2.45) is 0 Å². The molecule has 0 saturated carbocycles. The van der Waals surface area contributed by atoms with E-state index in [-0.39, 0.29) is 0 Å². The van der Waals surface area contributed by atoms with Crippen LogP contribution in [0.25, 0.3) is 0 Å². The maximum Gasteiger partial charge on any atom is 0.0605 e. The van der Waals surface area contributed by atoms with Crippen molar-refractivity contribution in [2.75, 3.05) is 13.1 Å². The molecule has 0 bridgehead atoms. The van der Waals surface area contributed by atoms with Crippen molar-refractivity contribution in [3.8, 4) is 0 Å². The van der Waals surface area contributed by atoms with Gasteiger partial charge in [-0.05, 0) is 50.3 Å². The summed E-state index contributed by atoms with van der Waals surface area (Å²) in [5.74, 6) is 0. The molecule has 2 unspecified atom stereocenters. The molecule has 0 radical (unpaired) electrons. The SMILES string of the molecule is c1cnc2c(c1)CCCC2NCC1CCCCN1. The third-order valence-corrected chi connectivity index (χ3v) is 4.22. The normalized spacial score (nSPS) is 27.8. The van der Waals surface area contributed by atoms with Crippen molar-refractivity contribution in [3.05, 3.63) is 29.6 Å². The van der Waals surface area contributed by atoms with Crippen molar-refractivity contribution < 1.29 is 0 Å². The molecule has 18 heavy (non-hydrogen) atoms. The summed E-state index contributed by atoms with van der Waals surface area (Å²) in [6, 6.07) is 5.42. The number of aromatic nitrogens is 1. The Balaban J connectivity index is 1.60. The van der Waals surface area contributed by atoms with E-state index in [0.717, 1.165) is 6.54 Å². The van der Waals surface area contributed by atoms with Crippen molar-refractivity contribution in [3.63, 3.8) is 0 Å². The molecule has 98 valence electrons. The number of pyridine rings is 1. The van der Waals surface area contributed by atoms with E-state index in [1.54, 1.807) is 0 Å². The molecule has 2 heterocycles. The molecular formula is C15H23N3. The molecule has 3 heteroatoms. The molecule has 0 aromatic carbocycles. The van der Waals surface area contributed by atoms with Gasteiger partial charge < -0.3 is 10.6 Å². The molecule has 3 nitrogen and oxygen atoms in total. The summed E-state index contributed by atoms with van der Waals surface area (Å²) < 4.78 is 0. The molecular weight excluding hydrogens is 222 g/mol. The third kappa shape index (κ3) is 2.73. The monoisotopic (exact) mass is 245 g/mol. The Labute approximate surface area is 109 Å². The molecule has 1 saturated heterocycles. The zero-order valence-electron chi connectivity index (χ0n) is 11.0. The van der Waals surface area contributed by atoms with Gasteiger partial charge in [-0.3, -0.25) is 4.98 Å². The highest BCUT2D eigenvalue weighted by Gasteiger charge is 2.22. The van der Waals surface area contributed by atoms with Crippen LogP contribution in [0.15, 0.2) is 18.3 Å². The first-order chi connectivity index (χ1) is 8.93. The summed E-state index contributed by atoms with van der Waals surface area (Å²) in [6.45, 7) is 2.27. The molecule has 1 aromatic heterocycles. The van der Waals surface area contributed by atoms with Crippen LogP contribution >= 0.6 is 0 Å². The second kappa shape index (κ2) is 5.81. The zero-order chi connectivity index (χ0) is 12.2. The number of hydrogen-bond donors (Lipinski definition) is 2. The van der Waals surface area contributed by atoms with Crippen LogP contribution in [0.2, 0.25) is 0 Å². The zero-order valence-corrected chi connectivity index (χ0v) is 11.0. The van der Waals surface area contributed by atoms with Crippen LogP contribution in [-0.2, 0) is 6.42 Å². The van der Waals surface area contributed by atoms with Crippen molar-refractivity contribution in [1.82, 2.24) is 15.6 Å². The Hall–Kier alpha value is -0.930. The molecule has 0 amide bonds. The van der Waals surface area contributed by atoms with Crippen LogP contribution < -0.4 is 10.6 Å². The van der Waals surface area contributed by atoms with Gasteiger partial charge in [-0.25, -0.2) is 0 Å². The van der Waals surface area contributed by atoms with Gasteiger partial charge in [0.15, 0.2) is 0 Å². The molecule has 2 aliphatic rings. The lowest BCUT2D eigenvalue weighted by Crippen LogP contribution is -2.43. The fourth-order valence-electron chi connectivity index (χ4n) is 3.19. The Morgan fingerprint density at radius 1 is 1.28 bits per heavy atom. The summed E-state index contributed by atoms with van der Waals surface area (Å²) in [5, 5.41) is 7.32. The van der Waals surface area contributed by atoms with E-state index >= 15 is 0 Å². The van der Waals surface area contributed by atoms with E-state index in [0.29, 0.717) is 12.1 Å². The molecule has 3 rings (SSSR count). The van der Waals surface area contributed by atoms with E-state index in [2.05, 4.69) is 27.8 Å². The number of fused-ring (bicyclic) bond motifs is 1. The quantitative estimate of drug-likeness (QED) is 0.857. The van der Waals surface area contributed by atoms with Gasteiger partial charge in [0.1, 0.15) is 0 Å². The van der Waals surface area contributed by atoms with Crippen LogP contribution in [0.1, 0.15) is 49.4 Å². The van der Waals surface area contributed by atoms with Gasteiger partial charge in [-0.15, -0.1) is 0 Å². The largest absolute Gasteiger partial charge is 0.313 e. The highest BCUT2D eigenvalue weighted by molar-refractivity contribution is 5.25.